The van der Waals surface area contributed by atoms with Crippen molar-refractivity contribution in [3.05, 3.63) is 23.5 Å². The van der Waals surface area contributed by atoms with E-state index in [1.165, 1.54) is 12.3 Å². The lowest BCUT2D eigenvalue weighted by atomic mass is 9.96. The number of aryl methyl sites for hydroxylation is 1. The van der Waals surface area contributed by atoms with Gasteiger partial charge in [0.25, 0.3) is 5.91 Å². The first-order valence-corrected chi connectivity index (χ1v) is 9.16. The van der Waals surface area contributed by atoms with Crippen LogP contribution in [0.2, 0.25) is 0 Å². The SMILES string of the molecule is Cc1ncc(S(N)(=O)=O)cc1C(=O)N(C)CCC1CCOCC1. The van der Waals surface area contributed by atoms with Crippen LogP contribution in [0.3, 0.4) is 0 Å². The quantitative estimate of drug-likeness (QED) is 0.858. The van der Waals surface area contributed by atoms with Crippen LogP contribution in [0.5, 0.6) is 0 Å². The molecule has 0 spiro atoms. The van der Waals surface area contributed by atoms with E-state index >= 15 is 0 Å². The maximum atomic E-state index is 12.5. The van der Waals surface area contributed by atoms with Crippen LogP contribution in [0.15, 0.2) is 17.2 Å². The van der Waals surface area contributed by atoms with Gasteiger partial charge in [0.2, 0.25) is 10.0 Å². The molecule has 1 fully saturated rings. The van der Waals surface area contributed by atoms with E-state index in [9.17, 15) is 13.2 Å². The number of nitrogens with two attached hydrogens (primary N) is 1. The molecule has 23 heavy (non-hydrogen) atoms. The summed E-state index contributed by atoms with van der Waals surface area (Å²) in [5, 5.41) is 5.10. The van der Waals surface area contributed by atoms with Gasteiger partial charge in [0.15, 0.2) is 0 Å². The maximum Gasteiger partial charge on any atom is 0.255 e. The summed E-state index contributed by atoms with van der Waals surface area (Å²) in [6.07, 6.45) is 4.11. The van der Waals surface area contributed by atoms with Gasteiger partial charge in [0, 0.05) is 33.0 Å². The summed E-state index contributed by atoms with van der Waals surface area (Å²) in [6.45, 7) is 3.85. The highest BCUT2D eigenvalue weighted by Crippen LogP contribution is 2.19. The number of ether oxygens (including phenoxy) is 1. The molecule has 2 N–H and O–H groups in total. The lowest BCUT2D eigenvalue weighted by molar-refractivity contribution is 0.0583. The molecule has 2 rings (SSSR count). The monoisotopic (exact) mass is 341 g/mol. The number of nitrogens with zero attached hydrogens (tertiary/aromatic N) is 2. The van der Waals surface area contributed by atoms with E-state index in [2.05, 4.69) is 4.98 Å². The minimum absolute atomic E-state index is 0.149. The van der Waals surface area contributed by atoms with E-state index in [-0.39, 0.29) is 16.4 Å². The molecule has 7 nitrogen and oxygen atoms in total. The minimum atomic E-state index is -3.88. The fourth-order valence-corrected chi connectivity index (χ4v) is 3.09. The molecule has 0 radical (unpaired) electrons. The van der Waals surface area contributed by atoms with Crippen molar-refractivity contribution in [3.63, 3.8) is 0 Å². The maximum absolute atomic E-state index is 12.5. The standard InChI is InChI=1S/C15H23N3O4S/c1-11-14(9-13(10-17-11)23(16,20)21)15(19)18(2)6-3-12-4-7-22-8-5-12/h9-10,12H,3-8H2,1-2H3,(H2,16,20,21). The van der Waals surface area contributed by atoms with Crippen molar-refractivity contribution in [2.24, 2.45) is 11.1 Å². The summed E-state index contributed by atoms with van der Waals surface area (Å²) < 4.78 is 28.2. The number of carbonyl (C=O) groups is 1. The van der Waals surface area contributed by atoms with Crippen molar-refractivity contribution in [1.82, 2.24) is 9.88 Å². The number of amides is 1. The molecule has 1 aromatic heterocycles. The van der Waals surface area contributed by atoms with Crippen molar-refractivity contribution in [1.29, 1.82) is 0 Å². The third-order valence-electron chi connectivity index (χ3n) is 4.18. The Kier molecular flexibility index (Phi) is 5.72. The zero-order chi connectivity index (χ0) is 17.0. The average molecular weight is 341 g/mol. The molecule has 128 valence electrons. The van der Waals surface area contributed by atoms with Crippen molar-refractivity contribution < 1.29 is 17.9 Å². The summed E-state index contributed by atoms with van der Waals surface area (Å²) in [4.78, 5) is 18.0. The molecule has 0 bridgehead atoms. The summed E-state index contributed by atoms with van der Waals surface area (Å²) in [5.41, 5.74) is 0.756. The topological polar surface area (TPSA) is 103 Å². The molecule has 1 aromatic rings. The number of aromatic nitrogens is 1. The third kappa shape index (κ3) is 4.73. The van der Waals surface area contributed by atoms with Crippen LogP contribution < -0.4 is 5.14 Å². The molecule has 8 heteroatoms. The summed E-state index contributed by atoms with van der Waals surface area (Å²) in [6, 6.07) is 1.30. The van der Waals surface area contributed by atoms with Gasteiger partial charge in [-0.2, -0.15) is 0 Å². The summed E-state index contributed by atoms with van der Waals surface area (Å²) >= 11 is 0. The zero-order valence-electron chi connectivity index (χ0n) is 13.5. The molecule has 2 heterocycles. The predicted molar refractivity (Wildman–Crippen MR) is 85.5 cm³/mol. The molecule has 0 aromatic carbocycles. The van der Waals surface area contributed by atoms with Gasteiger partial charge in [-0.1, -0.05) is 0 Å². The zero-order valence-corrected chi connectivity index (χ0v) is 14.3. The number of carbonyl (C=O) groups excluding carboxylic acids is 1. The Labute approximate surface area is 136 Å². The van der Waals surface area contributed by atoms with Crippen LogP contribution >= 0.6 is 0 Å². The van der Waals surface area contributed by atoms with Crippen molar-refractivity contribution in [2.45, 2.75) is 31.1 Å². The van der Waals surface area contributed by atoms with Crippen LogP contribution in [-0.2, 0) is 14.8 Å². The van der Waals surface area contributed by atoms with Gasteiger partial charge >= 0.3 is 0 Å². The van der Waals surface area contributed by atoms with Crippen molar-refractivity contribution >= 4 is 15.9 Å². The normalized spacial score (nSPS) is 16.3. The lowest BCUT2D eigenvalue weighted by Crippen LogP contribution is -2.31. The first-order chi connectivity index (χ1) is 10.8. The second-order valence-corrected chi connectivity index (χ2v) is 7.48. The smallest absolute Gasteiger partial charge is 0.255 e. The van der Waals surface area contributed by atoms with E-state index in [0.29, 0.717) is 18.2 Å². The third-order valence-corrected chi connectivity index (χ3v) is 5.06. The van der Waals surface area contributed by atoms with Crippen LogP contribution in [0.4, 0.5) is 0 Å². The molecule has 0 atom stereocenters. The fourth-order valence-electron chi connectivity index (χ4n) is 2.60. The second kappa shape index (κ2) is 7.37. The highest BCUT2D eigenvalue weighted by Gasteiger charge is 2.20. The molecular weight excluding hydrogens is 318 g/mol. The molecule has 0 unspecified atom stereocenters. The molecule has 1 amide bonds. The lowest BCUT2D eigenvalue weighted by Gasteiger charge is -2.25. The minimum Gasteiger partial charge on any atom is -0.381 e. The number of sulfonamides is 1. The predicted octanol–water partition coefficient (Wildman–Crippen LogP) is 0.926. The van der Waals surface area contributed by atoms with E-state index in [1.807, 2.05) is 0 Å². The van der Waals surface area contributed by atoms with Crippen LogP contribution in [0.1, 0.15) is 35.3 Å². The summed E-state index contributed by atoms with van der Waals surface area (Å²) in [5.74, 6) is 0.321. The van der Waals surface area contributed by atoms with Crippen molar-refractivity contribution in [3.8, 4) is 0 Å². The molecular formula is C15H23N3O4S. The van der Waals surface area contributed by atoms with Gasteiger partial charge in [0.1, 0.15) is 4.90 Å². The Hall–Kier alpha value is -1.51. The van der Waals surface area contributed by atoms with Crippen molar-refractivity contribution in [2.75, 3.05) is 26.8 Å². The Morgan fingerprint density at radius 1 is 1.43 bits per heavy atom. The summed E-state index contributed by atoms with van der Waals surface area (Å²) in [7, 11) is -2.16. The van der Waals surface area contributed by atoms with Gasteiger partial charge in [-0.05, 0) is 38.2 Å². The van der Waals surface area contributed by atoms with Gasteiger partial charge in [-0.25, -0.2) is 13.6 Å². The van der Waals surface area contributed by atoms with Gasteiger partial charge < -0.3 is 9.64 Å². The highest BCUT2D eigenvalue weighted by atomic mass is 32.2. The van der Waals surface area contributed by atoms with Crippen LogP contribution in [-0.4, -0.2) is 51.0 Å². The largest absolute Gasteiger partial charge is 0.381 e. The molecule has 0 saturated carbocycles. The fraction of sp³-hybridized carbons (Fsp3) is 0.600. The van der Waals surface area contributed by atoms with E-state index < -0.39 is 10.0 Å². The second-order valence-electron chi connectivity index (χ2n) is 5.92. The Balaban J connectivity index is 2.06. The van der Waals surface area contributed by atoms with Crippen LogP contribution in [0.25, 0.3) is 0 Å². The molecule has 1 saturated heterocycles. The Bertz CT molecular complexity index is 669. The van der Waals surface area contributed by atoms with E-state index in [4.69, 9.17) is 9.88 Å². The van der Waals surface area contributed by atoms with E-state index in [0.717, 1.165) is 32.5 Å². The number of primary sulfonamides is 1. The van der Waals surface area contributed by atoms with Gasteiger partial charge in [-0.15, -0.1) is 0 Å². The van der Waals surface area contributed by atoms with Gasteiger partial charge in [0.05, 0.1) is 11.3 Å². The average Bonchev–Trinajstić information content (AvgIpc) is 2.52. The number of hydrogen-bond donors (Lipinski definition) is 1. The number of hydrogen-bond acceptors (Lipinski definition) is 5. The number of rotatable bonds is 5. The first kappa shape index (κ1) is 17.8. The number of pyridine rings is 1. The van der Waals surface area contributed by atoms with Gasteiger partial charge in [-0.3, -0.25) is 9.78 Å². The van der Waals surface area contributed by atoms with Crippen LogP contribution in [0, 0.1) is 12.8 Å². The highest BCUT2D eigenvalue weighted by molar-refractivity contribution is 7.89. The Morgan fingerprint density at radius 3 is 2.70 bits per heavy atom. The molecule has 1 aliphatic heterocycles. The first-order valence-electron chi connectivity index (χ1n) is 7.61. The molecule has 0 aliphatic carbocycles. The van der Waals surface area contributed by atoms with E-state index in [1.54, 1.807) is 18.9 Å². The Morgan fingerprint density at radius 2 is 2.09 bits per heavy atom. The molecule has 1 aliphatic rings.